The van der Waals surface area contributed by atoms with Crippen LogP contribution in [0.3, 0.4) is 0 Å². The van der Waals surface area contributed by atoms with Crippen LogP contribution in [0.1, 0.15) is 57.8 Å². The second kappa shape index (κ2) is 8.79. The number of piperidine rings is 1. The van der Waals surface area contributed by atoms with Gasteiger partial charge in [0.2, 0.25) is 11.8 Å². The van der Waals surface area contributed by atoms with Crippen LogP contribution in [0, 0.1) is 17.3 Å². The van der Waals surface area contributed by atoms with Gasteiger partial charge in [-0.25, -0.2) is 4.98 Å². The maximum Gasteiger partial charge on any atom is 0.226 e. The molecule has 168 valence electrons. The van der Waals surface area contributed by atoms with Gasteiger partial charge in [-0.15, -0.1) is 0 Å². The standard InChI is InChI=1S/C25H36N4O2/c30-23(18-20-6-2-1-3-7-20)28-12-9-25(10-13-28)19-21(25)24(31)29-16-14-27(15-17-29)22-8-4-5-11-26-22/h4-5,8,11,20-21H,1-3,6-7,9-10,12-19H2/t21-/m0/s1. The number of rotatable bonds is 4. The lowest BCUT2D eigenvalue weighted by atomic mass is 9.86. The highest BCUT2D eigenvalue weighted by Crippen LogP contribution is 2.60. The number of hydrogen-bond acceptors (Lipinski definition) is 4. The molecule has 6 nitrogen and oxygen atoms in total. The van der Waals surface area contributed by atoms with Gasteiger partial charge in [-0.05, 0) is 55.6 Å². The average Bonchev–Trinajstić information content (AvgIpc) is 3.53. The molecule has 1 spiro atoms. The van der Waals surface area contributed by atoms with Gasteiger partial charge in [0.1, 0.15) is 5.82 Å². The fourth-order valence-electron chi connectivity index (χ4n) is 6.14. The molecular formula is C25H36N4O2. The largest absolute Gasteiger partial charge is 0.353 e. The van der Waals surface area contributed by atoms with E-state index >= 15 is 0 Å². The van der Waals surface area contributed by atoms with Crippen LogP contribution >= 0.6 is 0 Å². The van der Waals surface area contributed by atoms with Gasteiger partial charge >= 0.3 is 0 Å². The highest BCUT2D eigenvalue weighted by molar-refractivity contribution is 5.83. The summed E-state index contributed by atoms with van der Waals surface area (Å²) in [6, 6.07) is 5.99. The van der Waals surface area contributed by atoms with Crippen LogP contribution in [0.5, 0.6) is 0 Å². The van der Waals surface area contributed by atoms with Crippen molar-refractivity contribution in [3.05, 3.63) is 24.4 Å². The Balaban J connectivity index is 1.08. The number of carbonyl (C=O) groups is 2. The van der Waals surface area contributed by atoms with Crippen molar-refractivity contribution in [2.45, 2.75) is 57.8 Å². The quantitative estimate of drug-likeness (QED) is 0.744. The molecule has 0 N–H and O–H groups in total. The summed E-state index contributed by atoms with van der Waals surface area (Å²) < 4.78 is 0. The maximum absolute atomic E-state index is 13.2. The van der Waals surface area contributed by atoms with E-state index in [1.807, 2.05) is 24.4 Å². The van der Waals surface area contributed by atoms with Crippen LogP contribution in [0.15, 0.2) is 24.4 Å². The molecule has 2 aliphatic carbocycles. The van der Waals surface area contributed by atoms with Crippen molar-refractivity contribution >= 4 is 17.6 Å². The van der Waals surface area contributed by atoms with E-state index in [0.29, 0.717) is 17.7 Å². The van der Waals surface area contributed by atoms with Gasteiger partial charge in [-0.1, -0.05) is 25.3 Å². The number of amides is 2. The van der Waals surface area contributed by atoms with Crippen molar-refractivity contribution in [2.24, 2.45) is 17.3 Å². The van der Waals surface area contributed by atoms with Gasteiger partial charge in [0, 0.05) is 57.8 Å². The van der Waals surface area contributed by atoms with E-state index in [1.165, 1.54) is 32.1 Å². The minimum atomic E-state index is 0.177. The van der Waals surface area contributed by atoms with Crippen molar-refractivity contribution < 1.29 is 9.59 Å². The van der Waals surface area contributed by atoms with Gasteiger partial charge in [0.25, 0.3) is 0 Å². The van der Waals surface area contributed by atoms with Crippen molar-refractivity contribution in [3.8, 4) is 0 Å². The third-order valence-corrected chi connectivity index (χ3v) is 8.35. The van der Waals surface area contributed by atoms with E-state index in [4.69, 9.17) is 0 Å². The molecule has 1 aromatic rings. The SMILES string of the molecule is O=C(CC1CCCCC1)N1CCC2(CC1)C[C@H]2C(=O)N1CCN(c2ccccn2)CC1. The molecule has 4 fully saturated rings. The fraction of sp³-hybridized carbons (Fsp3) is 0.720. The number of aromatic nitrogens is 1. The molecule has 2 saturated heterocycles. The molecule has 1 atom stereocenters. The topological polar surface area (TPSA) is 56.8 Å². The zero-order valence-electron chi connectivity index (χ0n) is 18.7. The summed E-state index contributed by atoms with van der Waals surface area (Å²) in [5.74, 6) is 2.50. The summed E-state index contributed by atoms with van der Waals surface area (Å²) in [6.07, 6.45) is 12.0. The lowest BCUT2D eigenvalue weighted by Crippen LogP contribution is -2.50. The molecule has 2 aliphatic heterocycles. The monoisotopic (exact) mass is 424 g/mol. The predicted molar refractivity (Wildman–Crippen MR) is 121 cm³/mol. The van der Waals surface area contributed by atoms with E-state index in [2.05, 4.69) is 19.7 Å². The summed E-state index contributed by atoms with van der Waals surface area (Å²) in [5.41, 5.74) is 0.177. The first-order chi connectivity index (χ1) is 15.1. The van der Waals surface area contributed by atoms with E-state index in [-0.39, 0.29) is 11.3 Å². The zero-order chi connectivity index (χ0) is 21.3. The molecular weight excluding hydrogens is 388 g/mol. The molecule has 0 bridgehead atoms. The Bertz CT molecular complexity index is 776. The number of piperazine rings is 1. The zero-order valence-corrected chi connectivity index (χ0v) is 18.7. The van der Waals surface area contributed by atoms with Crippen molar-refractivity contribution in [3.63, 3.8) is 0 Å². The summed E-state index contributed by atoms with van der Waals surface area (Å²) in [7, 11) is 0. The number of carbonyl (C=O) groups excluding carboxylic acids is 2. The van der Waals surface area contributed by atoms with E-state index in [9.17, 15) is 9.59 Å². The highest BCUT2D eigenvalue weighted by Gasteiger charge is 2.59. The van der Waals surface area contributed by atoms with E-state index in [0.717, 1.165) is 70.8 Å². The number of pyridine rings is 1. The third kappa shape index (κ3) is 4.44. The average molecular weight is 425 g/mol. The van der Waals surface area contributed by atoms with Crippen LogP contribution in [0.2, 0.25) is 0 Å². The van der Waals surface area contributed by atoms with E-state index in [1.54, 1.807) is 0 Å². The molecule has 4 aliphatic rings. The predicted octanol–water partition coefficient (Wildman–Crippen LogP) is 3.33. The first-order valence-corrected chi connectivity index (χ1v) is 12.4. The van der Waals surface area contributed by atoms with Crippen LogP contribution in [0.4, 0.5) is 5.82 Å². The number of nitrogens with zero attached hydrogens (tertiary/aromatic N) is 4. The Hall–Kier alpha value is -2.11. The van der Waals surface area contributed by atoms with Gasteiger partial charge in [-0.2, -0.15) is 0 Å². The van der Waals surface area contributed by atoms with Gasteiger partial charge in [-0.3, -0.25) is 9.59 Å². The minimum absolute atomic E-state index is 0.177. The summed E-state index contributed by atoms with van der Waals surface area (Å²) in [4.78, 5) is 36.8. The summed E-state index contributed by atoms with van der Waals surface area (Å²) in [5, 5.41) is 0. The lowest BCUT2D eigenvalue weighted by Gasteiger charge is -2.37. The van der Waals surface area contributed by atoms with Gasteiger partial charge < -0.3 is 14.7 Å². The third-order valence-electron chi connectivity index (χ3n) is 8.35. The molecule has 0 radical (unpaired) electrons. The molecule has 2 amide bonds. The molecule has 31 heavy (non-hydrogen) atoms. The Kier molecular flexibility index (Phi) is 5.89. The molecule has 0 unspecified atom stereocenters. The second-order valence-corrected chi connectivity index (χ2v) is 10.2. The molecule has 5 rings (SSSR count). The van der Waals surface area contributed by atoms with Gasteiger partial charge in [0.05, 0.1) is 0 Å². The lowest BCUT2D eigenvalue weighted by molar-refractivity contribution is -0.135. The molecule has 0 aromatic carbocycles. The highest BCUT2D eigenvalue weighted by atomic mass is 16.2. The summed E-state index contributed by atoms with van der Waals surface area (Å²) in [6.45, 7) is 4.98. The summed E-state index contributed by atoms with van der Waals surface area (Å²) >= 11 is 0. The number of hydrogen-bond donors (Lipinski definition) is 0. The first-order valence-electron chi connectivity index (χ1n) is 12.4. The van der Waals surface area contributed by atoms with Crippen molar-refractivity contribution in [2.75, 3.05) is 44.2 Å². The number of anilines is 1. The molecule has 3 heterocycles. The molecule has 2 saturated carbocycles. The molecule has 1 aromatic heterocycles. The normalized spacial score (nSPS) is 26.2. The molecule has 6 heteroatoms. The Morgan fingerprint density at radius 3 is 2.35 bits per heavy atom. The first kappa shape index (κ1) is 20.8. The van der Waals surface area contributed by atoms with Crippen LogP contribution < -0.4 is 4.90 Å². The minimum Gasteiger partial charge on any atom is -0.353 e. The fourth-order valence-corrected chi connectivity index (χ4v) is 6.14. The Labute approximate surface area is 186 Å². The van der Waals surface area contributed by atoms with Crippen LogP contribution in [-0.2, 0) is 9.59 Å². The van der Waals surface area contributed by atoms with Crippen LogP contribution in [-0.4, -0.2) is 65.9 Å². The van der Waals surface area contributed by atoms with Crippen molar-refractivity contribution in [1.82, 2.24) is 14.8 Å². The Morgan fingerprint density at radius 2 is 1.68 bits per heavy atom. The van der Waals surface area contributed by atoms with Crippen LogP contribution in [0.25, 0.3) is 0 Å². The number of likely N-dealkylation sites (tertiary alicyclic amines) is 1. The maximum atomic E-state index is 13.2. The van der Waals surface area contributed by atoms with Crippen molar-refractivity contribution in [1.29, 1.82) is 0 Å². The Morgan fingerprint density at radius 1 is 0.935 bits per heavy atom. The van der Waals surface area contributed by atoms with Gasteiger partial charge in [0.15, 0.2) is 0 Å². The smallest absolute Gasteiger partial charge is 0.226 e. The van der Waals surface area contributed by atoms with E-state index < -0.39 is 0 Å². The second-order valence-electron chi connectivity index (χ2n) is 10.2.